The van der Waals surface area contributed by atoms with Gasteiger partial charge in [-0.25, -0.2) is 0 Å². The van der Waals surface area contributed by atoms with Gasteiger partial charge in [-0.1, -0.05) is 23.7 Å². The Morgan fingerprint density at radius 2 is 1.92 bits per heavy atom. The lowest BCUT2D eigenvalue weighted by atomic mass is 10.2. The molecule has 0 aliphatic rings. The third-order valence-electron chi connectivity index (χ3n) is 3.16. The molecule has 0 saturated heterocycles. The number of rotatable bonds is 6. The average molecular weight is 351 g/mol. The summed E-state index contributed by atoms with van der Waals surface area (Å²) in [7, 11) is 1.50. The molecule has 0 aromatic heterocycles. The number of nitrogens with one attached hydrogen (secondary N) is 1. The molecule has 8 heteroatoms. The van der Waals surface area contributed by atoms with Gasteiger partial charge in [-0.3, -0.25) is 14.9 Å². The molecule has 0 aliphatic heterocycles. The average Bonchev–Trinajstić information content (AvgIpc) is 2.57. The molecule has 126 valence electrons. The number of carbonyl (C=O) groups excluding carboxylic acids is 1. The van der Waals surface area contributed by atoms with Crippen molar-refractivity contribution in [3.8, 4) is 11.5 Å². The van der Waals surface area contributed by atoms with Crippen molar-refractivity contribution in [1.82, 2.24) is 0 Å². The second-order valence-corrected chi connectivity index (χ2v) is 5.23. The van der Waals surface area contributed by atoms with E-state index >= 15 is 0 Å². The van der Waals surface area contributed by atoms with Gasteiger partial charge in [-0.15, -0.1) is 0 Å². The van der Waals surface area contributed by atoms with Crippen molar-refractivity contribution in [2.45, 2.75) is 13.0 Å². The molecule has 0 fully saturated rings. The van der Waals surface area contributed by atoms with Crippen molar-refractivity contribution in [2.24, 2.45) is 0 Å². The number of hydrogen-bond donors (Lipinski definition) is 1. The molecule has 0 radical (unpaired) electrons. The molecule has 7 nitrogen and oxygen atoms in total. The molecule has 0 heterocycles. The fraction of sp³-hybridized carbons (Fsp3) is 0.188. The normalized spacial score (nSPS) is 11.5. The van der Waals surface area contributed by atoms with E-state index in [1.54, 1.807) is 31.2 Å². The number of carbonyl (C=O) groups is 1. The van der Waals surface area contributed by atoms with Gasteiger partial charge in [0.15, 0.2) is 17.6 Å². The maximum absolute atomic E-state index is 12.2. The number of non-ortho nitro benzene ring substituents is 1. The van der Waals surface area contributed by atoms with Crippen LogP contribution in [0, 0.1) is 10.1 Å². The Hall–Kier alpha value is -2.80. The molecule has 0 saturated carbocycles. The van der Waals surface area contributed by atoms with Crippen LogP contribution >= 0.6 is 11.6 Å². The van der Waals surface area contributed by atoms with E-state index in [2.05, 4.69) is 5.32 Å². The van der Waals surface area contributed by atoms with Gasteiger partial charge in [0, 0.05) is 12.1 Å². The van der Waals surface area contributed by atoms with Crippen LogP contribution in [0.2, 0.25) is 5.02 Å². The Labute approximate surface area is 143 Å². The smallest absolute Gasteiger partial charge is 0.271 e. The van der Waals surface area contributed by atoms with Gasteiger partial charge < -0.3 is 14.8 Å². The predicted octanol–water partition coefficient (Wildman–Crippen LogP) is 3.66. The van der Waals surface area contributed by atoms with E-state index in [9.17, 15) is 14.9 Å². The predicted molar refractivity (Wildman–Crippen MR) is 89.8 cm³/mol. The van der Waals surface area contributed by atoms with Crippen LogP contribution in [-0.2, 0) is 4.79 Å². The summed E-state index contributed by atoms with van der Waals surface area (Å²) in [6.45, 7) is 1.55. The number of para-hydroxylation sites is 2. The van der Waals surface area contributed by atoms with Gasteiger partial charge in [-0.05, 0) is 25.1 Å². The fourth-order valence-corrected chi connectivity index (χ4v) is 2.08. The number of amides is 1. The highest BCUT2D eigenvalue weighted by Crippen LogP contribution is 2.29. The summed E-state index contributed by atoms with van der Waals surface area (Å²) >= 11 is 5.96. The topological polar surface area (TPSA) is 90.7 Å². The standard InChI is InChI=1S/C16H15ClN2O5/c1-10(24-15-6-4-3-5-14(15)23-2)16(20)18-13-9-11(19(21)22)7-8-12(13)17/h3-10H,1-2H3,(H,18,20)/t10-/m1/s1. The molecule has 1 atom stereocenters. The van der Waals surface area contributed by atoms with Crippen molar-refractivity contribution in [3.63, 3.8) is 0 Å². The molecule has 2 aromatic rings. The number of nitro benzene ring substituents is 1. The third kappa shape index (κ3) is 4.14. The summed E-state index contributed by atoms with van der Waals surface area (Å²) in [6.07, 6.45) is -0.864. The molecular weight excluding hydrogens is 336 g/mol. The van der Waals surface area contributed by atoms with Crippen molar-refractivity contribution in [2.75, 3.05) is 12.4 Å². The first-order chi connectivity index (χ1) is 11.4. The largest absolute Gasteiger partial charge is 0.493 e. The van der Waals surface area contributed by atoms with Crippen LogP contribution < -0.4 is 14.8 Å². The molecular formula is C16H15ClN2O5. The van der Waals surface area contributed by atoms with Crippen molar-refractivity contribution in [3.05, 3.63) is 57.6 Å². The summed E-state index contributed by atoms with van der Waals surface area (Å²) in [5.41, 5.74) is -0.0284. The van der Waals surface area contributed by atoms with E-state index in [0.717, 1.165) is 0 Å². The first-order valence-electron chi connectivity index (χ1n) is 6.97. The second-order valence-electron chi connectivity index (χ2n) is 4.82. The van der Waals surface area contributed by atoms with Gasteiger partial charge >= 0.3 is 0 Å². The van der Waals surface area contributed by atoms with E-state index in [-0.39, 0.29) is 16.4 Å². The quantitative estimate of drug-likeness (QED) is 0.634. The van der Waals surface area contributed by atoms with Crippen LogP contribution in [0.4, 0.5) is 11.4 Å². The highest BCUT2D eigenvalue weighted by molar-refractivity contribution is 6.33. The van der Waals surface area contributed by atoms with E-state index < -0.39 is 16.9 Å². The van der Waals surface area contributed by atoms with Gasteiger partial charge in [0.2, 0.25) is 0 Å². The molecule has 2 rings (SSSR count). The maximum Gasteiger partial charge on any atom is 0.271 e. The Morgan fingerprint density at radius 1 is 1.25 bits per heavy atom. The van der Waals surface area contributed by atoms with Gasteiger partial charge in [0.25, 0.3) is 11.6 Å². The first kappa shape index (κ1) is 17.6. The van der Waals surface area contributed by atoms with E-state index in [4.69, 9.17) is 21.1 Å². The molecule has 2 aromatic carbocycles. The van der Waals surface area contributed by atoms with Crippen LogP contribution in [-0.4, -0.2) is 24.0 Å². The Morgan fingerprint density at radius 3 is 2.54 bits per heavy atom. The minimum absolute atomic E-state index is 0.145. The highest BCUT2D eigenvalue weighted by atomic mass is 35.5. The molecule has 1 N–H and O–H groups in total. The number of nitrogens with zero attached hydrogens (tertiary/aromatic N) is 1. The summed E-state index contributed by atoms with van der Waals surface area (Å²) < 4.78 is 10.7. The van der Waals surface area contributed by atoms with Crippen molar-refractivity contribution >= 4 is 28.9 Å². The van der Waals surface area contributed by atoms with E-state index in [1.807, 2.05) is 0 Å². The Bertz CT molecular complexity index is 766. The zero-order valence-electron chi connectivity index (χ0n) is 13.0. The number of methoxy groups -OCH3 is 1. The number of halogens is 1. The minimum Gasteiger partial charge on any atom is -0.493 e. The van der Waals surface area contributed by atoms with Crippen LogP contribution in [0.15, 0.2) is 42.5 Å². The lowest BCUT2D eigenvalue weighted by molar-refractivity contribution is -0.384. The number of anilines is 1. The molecule has 0 unspecified atom stereocenters. The van der Waals surface area contributed by atoms with E-state index in [0.29, 0.717) is 11.5 Å². The minimum atomic E-state index is -0.864. The SMILES string of the molecule is COc1ccccc1O[C@H](C)C(=O)Nc1cc([N+](=O)[O-])ccc1Cl. The zero-order valence-corrected chi connectivity index (χ0v) is 13.7. The molecule has 0 aliphatic carbocycles. The zero-order chi connectivity index (χ0) is 17.7. The lowest BCUT2D eigenvalue weighted by Gasteiger charge is -2.17. The third-order valence-corrected chi connectivity index (χ3v) is 3.49. The molecule has 1 amide bonds. The van der Waals surface area contributed by atoms with Gasteiger partial charge in [0.1, 0.15) is 0 Å². The highest BCUT2D eigenvalue weighted by Gasteiger charge is 2.19. The maximum atomic E-state index is 12.2. The summed E-state index contributed by atoms with van der Waals surface area (Å²) in [6, 6.07) is 10.7. The molecule has 0 bridgehead atoms. The van der Waals surface area contributed by atoms with Crippen LogP contribution in [0.25, 0.3) is 0 Å². The van der Waals surface area contributed by atoms with Gasteiger partial charge in [0.05, 0.1) is 22.7 Å². The monoisotopic (exact) mass is 350 g/mol. The number of ether oxygens (including phenoxy) is 2. The summed E-state index contributed by atoms with van der Waals surface area (Å²) in [4.78, 5) is 22.5. The Kier molecular flexibility index (Phi) is 5.59. The van der Waals surface area contributed by atoms with Crippen LogP contribution in [0.1, 0.15) is 6.92 Å². The van der Waals surface area contributed by atoms with Crippen LogP contribution in [0.3, 0.4) is 0 Å². The number of hydrogen-bond acceptors (Lipinski definition) is 5. The Balaban J connectivity index is 2.12. The summed E-state index contributed by atoms with van der Waals surface area (Å²) in [5, 5.41) is 13.5. The number of nitro groups is 1. The van der Waals surface area contributed by atoms with Crippen molar-refractivity contribution in [1.29, 1.82) is 0 Å². The summed E-state index contributed by atoms with van der Waals surface area (Å²) in [5.74, 6) is 0.404. The lowest BCUT2D eigenvalue weighted by Crippen LogP contribution is -2.30. The molecule has 24 heavy (non-hydrogen) atoms. The van der Waals surface area contributed by atoms with Gasteiger partial charge in [-0.2, -0.15) is 0 Å². The van der Waals surface area contributed by atoms with Crippen molar-refractivity contribution < 1.29 is 19.2 Å². The number of benzene rings is 2. The first-order valence-corrected chi connectivity index (χ1v) is 7.34. The van der Waals surface area contributed by atoms with E-state index in [1.165, 1.54) is 25.3 Å². The fourth-order valence-electron chi connectivity index (χ4n) is 1.92. The molecule has 0 spiro atoms. The second kappa shape index (κ2) is 7.65. The van der Waals surface area contributed by atoms with Crippen LogP contribution in [0.5, 0.6) is 11.5 Å².